The highest BCUT2D eigenvalue weighted by Gasteiger charge is 2.31. The molecule has 0 saturated carbocycles. The highest BCUT2D eigenvalue weighted by atomic mass is 32.2. The van der Waals surface area contributed by atoms with Crippen LogP contribution in [0.3, 0.4) is 0 Å². The number of rotatable bonds is 9. The molecule has 1 aliphatic heterocycles. The van der Waals surface area contributed by atoms with Crippen molar-refractivity contribution < 1.29 is 35.9 Å². The van der Waals surface area contributed by atoms with Crippen molar-refractivity contribution in [2.75, 3.05) is 19.5 Å². The summed E-state index contributed by atoms with van der Waals surface area (Å²) in [6.07, 6.45) is -2.80. The molecule has 1 saturated heterocycles. The zero-order valence-corrected chi connectivity index (χ0v) is 21.3. The van der Waals surface area contributed by atoms with Gasteiger partial charge < -0.3 is 9.47 Å². The lowest BCUT2D eigenvalue weighted by molar-refractivity contribution is -0.137. The Morgan fingerprint density at radius 1 is 1.33 bits per heavy atom. The van der Waals surface area contributed by atoms with Crippen LogP contribution in [-0.2, 0) is 32.2 Å². The molecule has 0 aliphatic carbocycles. The SMILES string of the molecule is COC(=O)c1sccc1S(=O)(=O)NCc1nnc(SC[C@@H]2CCCO2)n1-c1cccc(C(F)(F)F)c1. The Hall–Kier alpha value is -2.46. The quantitative estimate of drug-likeness (QED) is 0.309. The third kappa shape index (κ3) is 5.91. The van der Waals surface area contributed by atoms with E-state index < -0.39 is 27.7 Å². The van der Waals surface area contributed by atoms with Gasteiger partial charge in [-0.25, -0.2) is 17.9 Å². The van der Waals surface area contributed by atoms with Gasteiger partial charge in [-0.3, -0.25) is 4.57 Å². The molecule has 0 bridgehead atoms. The Morgan fingerprint density at radius 2 is 2.14 bits per heavy atom. The number of nitrogens with zero attached hydrogens (tertiary/aromatic N) is 3. The predicted octanol–water partition coefficient (Wildman–Crippen LogP) is 3.88. The molecule has 9 nitrogen and oxygen atoms in total. The number of nitrogens with one attached hydrogen (secondary N) is 1. The Balaban J connectivity index is 1.64. The van der Waals surface area contributed by atoms with Crippen LogP contribution in [0.5, 0.6) is 0 Å². The number of aromatic nitrogens is 3. The van der Waals surface area contributed by atoms with Crippen molar-refractivity contribution in [1.82, 2.24) is 19.5 Å². The maximum atomic E-state index is 13.4. The molecule has 2 aromatic heterocycles. The van der Waals surface area contributed by atoms with Crippen molar-refractivity contribution in [2.24, 2.45) is 0 Å². The summed E-state index contributed by atoms with van der Waals surface area (Å²) in [7, 11) is -3.04. The highest BCUT2D eigenvalue weighted by molar-refractivity contribution is 7.99. The van der Waals surface area contributed by atoms with Gasteiger partial charge in [-0.15, -0.1) is 21.5 Å². The minimum Gasteiger partial charge on any atom is -0.465 e. The average molecular weight is 563 g/mol. The van der Waals surface area contributed by atoms with Crippen molar-refractivity contribution in [1.29, 1.82) is 0 Å². The fraction of sp³-hybridized carbons (Fsp3) is 0.381. The summed E-state index contributed by atoms with van der Waals surface area (Å²) >= 11 is 2.17. The van der Waals surface area contributed by atoms with E-state index in [0.717, 1.165) is 43.4 Å². The molecule has 0 radical (unpaired) electrons. The van der Waals surface area contributed by atoms with E-state index in [1.165, 1.54) is 39.9 Å². The van der Waals surface area contributed by atoms with Crippen LogP contribution < -0.4 is 4.72 Å². The normalized spacial score (nSPS) is 16.4. The van der Waals surface area contributed by atoms with Crippen molar-refractivity contribution in [3.05, 3.63) is 52.0 Å². The number of thiophene rings is 1. The number of benzene rings is 1. The average Bonchev–Trinajstić information content (AvgIpc) is 3.61. The second kappa shape index (κ2) is 10.9. The lowest BCUT2D eigenvalue weighted by Gasteiger charge is -2.14. The van der Waals surface area contributed by atoms with Crippen LogP contribution in [0.4, 0.5) is 13.2 Å². The van der Waals surface area contributed by atoms with Crippen LogP contribution in [0.15, 0.2) is 45.8 Å². The molecule has 4 rings (SSSR count). The number of carbonyl (C=O) groups is 1. The van der Waals surface area contributed by atoms with Crippen molar-refractivity contribution in [3.63, 3.8) is 0 Å². The fourth-order valence-corrected chi connectivity index (χ4v) is 6.87. The lowest BCUT2D eigenvalue weighted by Crippen LogP contribution is -2.26. The number of hydrogen-bond donors (Lipinski definition) is 1. The third-order valence-corrected chi connectivity index (χ3v) is 8.79. The molecule has 0 amide bonds. The van der Waals surface area contributed by atoms with Crippen molar-refractivity contribution in [3.8, 4) is 5.69 Å². The molecular formula is C21H21F3N4O5S3. The van der Waals surface area contributed by atoms with Gasteiger partial charge in [-0.05, 0) is 42.5 Å². The van der Waals surface area contributed by atoms with Crippen LogP contribution in [0.2, 0.25) is 0 Å². The molecule has 1 fully saturated rings. The number of alkyl halides is 3. The van der Waals surface area contributed by atoms with E-state index in [0.29, 0.717) is 17.5 Å². The summed E-state index contributed by atoms with van der Waals surface area (Å²) in [4.78, 5) is 11.6. The van der Waals surface area contributed by atoms with Crippen molar-refractivity contribution in [2.45, 2.75) is 41.7 Å². The van der Waals surface area contributed by atoms with E-state index >= 15 is 0 Å². The molecule has 3 heterocycles. The van der Waals surface area contributed by atoms with Gasteiger partial charge in [0.15, 0.2) is 11.0 Å². The molecule has 194 valence electrons. The van der Waals surface area contributed by atoms with Crippen LogP contribution in [-0.4, -0.2) is 54.7 Å². The number of hydrogen-bond acceptors (Lipinski definition) is 9. The van der Waals surface area contributed by atoms with E-state index in [2.05, 4.69) is 19.7 Å². The van der Waals surface area contributed by atoms with Gasteiger partial charge in [0.1, 0.15) is 9.77 Å². The first kappa shape index (κ1) is 26.6. The number of methoxy groups -OCH3 is 1. The first-order valence-electron chi connectivity index (χ1n) is 10.6. The fourth-order valence-electron chi connectivity index (χ4n) is 3.52. The monoisotopic (exact) mass is 562 g/mol. The molecule has 3 aromatic rings. The Labute approximate surface area is 213 Å². The van der Waals surface area contributed by atoms with Gasteiger partial charge in [0.25, 0.3) is 0 Å². The topological polar surface area (TPSA) is 112 Å². The van der Waals surface area contributed by atoms with Gasteiger partial charge in [0.2, 0.25) is 10.0 Å². The molecule has 1 N–H and O–H groups in total. The lowest BCUT2D eigenvalue weighted by atomic mass is 10.2. The maximum Gasteiger partial charge on any atom is 0.416 e. The molecule has 1 aromatic carbocycles. The first-order valence-corrected chi connectivity index (χ1v) is 14.0. The summed E-state index contributed by atoms with van der Waals surface area (Å²) in [6, 6.07) is 5.88. The number of halogens is 3. The van der Waals surface area contributed by atoms with Crippen LogP contribution in [0, 0.1) is 0 Å². The van der Waals surface area contributed by atoms with Gasteiger partial charge in [0.05, 0.1) is 31.0 Å². The van der Waals surface area contributed by atoms with Gasteiger partial charge >= 0.3 is 12.1 Å². The molecule has 1 aliphatic rings. The van der Waals surface area contributed by atoms with Crippen LogP contribution in [0.25, 0.3) is 5.69 Å². The number of sulfonamides is 1. The highest BCUT2D eigenvalue weighted by Crippen LogP contribution is 2.32. The molecule has 15 heteroatoms. The number of carbonyl (C=O) groups excluding carboxylic acids is 1. The smallest absolute Gasteiger partial charge is 0.416 e. The van der Waals surface area contributed by atoms with E-state index in [9.17, 15) is 26.4 Å². The number of ether oxygens (including phenoxy) is 2. The molecule has 0 spiro atoms. The Bertz CT molecular complexity index is 1330. The van der Waals surface area contributed by atoms with E-state index in [4.69, 9.17) is 4.74 Å². The maximum absolute atomic E-state index is 13.4. The summed E-state index contributed by atoms with van der Waals surface area (Å²) in [5.74, 6) is -0.215. The Morgan fingerprint density at radius 3 is 2.83 bits per heavy atom. The third-order valence-electron chi connectivity index (χ3n) is 5.26. The van der Waals surface area contributed by atoms with Gasteiger partial charge in [-0.2, -0.15) is 13.2 Å². The summed E-state index contributed by atoms with van der Waals surface area (Å²) in [6.45, 7) is 0.261. The molecule has 1 atom stereocenters. The van der Waals surface area contributed by atoms with E-state index in [1.54, 1.807) is 0 Å². The predicted molar refractivity (Wildman–Crippen MR) is 126 cm³/mol. The molecular weight excluding hydrogens is 541 g/mol. The Kier molecular flexibility index (Phi) is 8.04. The van der Waals surface area contributed by atoms with E-state index in [1.807, 2.05) is 0 Å². The summed E-state index contributed by atoms with van der Waals surface area (Å²) < 4.78 is 79.9. The number of thioether (sulfide) groups is 1. The largest absolute Gasteiger partial charge is 0.465 e. The van der Waals surface area contributed by atoms with Gasteiger partial charge in [0, 0.05) is 12.4 Å². The standard InChI is InChI=1S/C21H21F3N4O5S3/c1-32-19(29)18-16(7-9-34-18)36(30,31)25-11-17-26-27-20(35-12-15-6-3-8-33-15)28(17)14-5-2-4-13(10-14)21(22,23)24/h2,4-5,7,9-10,15,25H,3,6,8,11-12H2,1H3/t15-/m0/s1. The van der Waals surface area contributed by atoms with Crippen LogP contribution in [0.1, 0.15) is 33.9 Å². The molecule has 0 unspecified atom stereocenters. The van der Waals surface area contributed by atoms with Gasteiger partial charge in [-0.1, -0.05) is 17.8 Å². The number of esters is 1. The summed E-state index contributed by atoms with van der Waals surface area (Å²) in [5.41, 5.74) is -0.735. The molecule has 36 heavy (non-hydrogen) atoms. The second-order valence-corrected chi connectivity index (χ2v) is 11.3. The van der Waals surface area contributed by atoms with E-state index in [-0.39, 0.29) is 33.9 Å². The first-order chi connectivity index (χ1) is 17.1. The zero-order valence-electron chi connectivity index (χ0n) is 18.8. The zero-order chi connectivity index (χ0) is 25.9. The minimum absolute atomic E-state index is 0.0149. The summed E-state index contributed by atoms with van der Waals surface area (Å²) in [5, 5.41) is 9.87. The minimum atomic E-state index is -4.57. The second-order valence-electron chi connectivity index (χ2n) is 7.66. The van der Waals surface area contributed by atoms with Crippen molar-refractivity contribution >= 4 is 39.1 Å². The van der Waals surface area contributed by atoms with Crippen LogP contribution >= 0.6 is 23.1 Å².